The SMILES string of the molecule is CC(C)(C)c1ccc2c(c1)c(CC(=O)O)cn2CCO. The molecule has 2 rings (SSSR count). The summed E-state index contributed by atoms with van der Waals surface area (Å²) in [4.78, 5) is 11.0. The van der Waals surface area contributed by atoms with Crippen LogP contribution in [-0.2, 0) is 23.2 Å². The number of fused-ring (bicyclic) bond motifs is 1. The van der Waals surface area contributed by atoms with Crippen LogP contribution in [0.25, 0.3) is 10.9 Å². The van der Waals surface area contributed by atoms with Crippen LogP contribution in [0.5, 0.6) is 0 Å². The second-order valence-electron chi connectivity index (χ2n) is 6.12. The van der Waals surface area contributed by atoms with Crippen molar-refractivity contribution in [3.63, 3.8) is 0 Å². The Labute approximate surface area is 118 Å². The molecule has 0 amide bonds. The Bertz CT molecular complexity index is 635. The molecule has 1 aromatic heterocycles. The topological polar surface area (TPSA) is 62.5 Å². The van der Waals surface area contributed by atoms with Gasteiger partial charge in [0.15, 0.2) is 0 Å². The zero-order chi connectivity index (χ0) is 14.9. The van der Waals surface area contributed by atoms with Crippen molar-refractivity contribution in [3.05, 3.63) is 35.5 Å². The lowest BCUT2D eigenvalue weighted by Gasteiger charge is -2.19. The summed E-state index contributed by atoms with van der Waals surface area (Å²) in [7, 11) is 0. The van der Waals surface area contributed by atoms with Gasteiger partial charge in [-0.1, -0.05) is 26.8 Å². The zero-order valence-electron chi connectivity index (χ0n) is 12.2. The lowest BCUT2D eigenvalue weighted by atomic mass is 9.86. The van der Waals surface area contributed by atoms with E-state index < -0.39 is 5.97 Å². The highest BCUT2D eigenvalue weighted by molar-refractivity contribution is 5.88. The van der Waals surface area contributed by atoms with Gasteiger partial charge in [-0.3, -0.25) is 4.79 Å². The van der Waals surface area contributed by atoms with Crippen molar-refractivity contribution in [3.8, 4) is 0 Å². The van der Waals surface area contributed by atoms with E-state index in [0.717, 1.165) is 16.5 Å². The van der Waals surface area contributed by atoms with E-state index in [-0.39, 0.29) is 18.4 Å². The van der Waals surface area contributed by atoms with Gasteiger partial charge in [0.25, 0.3) is 0 Å². The van der Waals surface area contributed by atoms with Gasteiger partial charge < -0.3 is 14.8 Å². The summed E-state index contributed by atoms with van der Waals surface area (Å²) in [6, 6.07) is 6.15. The fourth-order valence-electron chi connectivity index (χ4n) is 2.43. The molecule has 0 saturated carbocycles. The highest BCUT2D eigenvalue weighted by Gasteiger charge is 2.17. The van der Waals surface area contributed by atoms with Gasteiger partial charge in [-0.15, -0.1) is 0 Å². The Kier molecular flexibility index (Phi) is 3.86. The summed E-state index contributed by atoms with van der Waals surface area (Å²) < 4.78 is 1.92. The molecule has 2 N–H and O–H groups in total. The van der Waals surface area contributed by atoms with Crippen molar-refractivity contribution >= 4 is 16.9 Å². The summed E-state index contributed by atoms with van der Waals surface area (Å²) >= 11 is 0. The molecule has 2 aromatic rings. The Balaban J connectivity index is 2.61. The quantitative estimate of drug-likeness (QED) is 0.901. The molecule has 108 valence electrons. The first-order valence-corrected chi connectivity index (χ1v) is 6.78. The first kappa shape index (κ1) is 14.6. The first-order valence-electron chi connectivity index (χ1n) is 6.78. The van der Waals surface area contributed by atoms with Crippen LogP contribution in [0.15, 0.2) is 24.4 Å². The lowest BCUT2D eigenvalue weighted by molar-refractivity contribution is -0.136. The second-order valence-corrected chi connectivity index (χ2v) is 6.12. The number of nitrogens with zero attached hydrogens (tertiary/aromatic N) is 1. The van der Waals surface area contributed by atoms with Crippen LogP contribution in [-0.4, -0.2) is 27.4 Å². The van der Waals surface area contributed by atoms with Crippen molar-refractivity contribution in [2.24, 2.45) is 0 Å². The largest absolute Gasteiger partial charge is 0.481 e. The van der Waals surface area contributed by atoms with E-state index in [1.54, 1.807) is 0 Å². The van der Waals surface area contributed by atoms with E-state index in [0.29, 0.717) is 6.54 Å². The van der Waals surface area contributed by atoms with Crippen molar-refractivity contribution in [1.29, 1.82) is 0 Å². The molecule has 4 nitrogen and oxygen atoms in total. The molecular formula is C16H21NO3. The average molecular weight is 275 g/mol. The number of hydrogen-bond acceptors (Lipinski definition) is 2. The highest BCUT2D eigenvalue weighted by Crippen LogP contribution is 2.29. The molecule has 0 bridgehead atoms. The molecule has 0 aliphatic carbocycles. The van der Waals surface area contributed by atoms with Crippen molar-refractivity contribution in [2.75, 3.05) is 6.61 Å². The van der Waals surface area contributed by atoms with Crippen molar-refractivity contribution in [2.45, 2.75) is 39.2 Å². The van der Waals surface area contributed by atoms with Gasteiger partial charge in [0.2, 0.25) is 0 Å². The number of carboxylic acids is 1. The molecule has 0 aliphatic heterocycles. The number of rotatable bonds is 4. The summed E-state index contributed by atoms with van der Waals surface area (Å²) in [5.74, 6) is -0.839. The Morgan fingerprint density at radius 2 is 2.00 bits per heavy atom. The minimum atomic E-state index is -0.839. The van der Waals surface area contributed by atoms with Gasteiger partial charge in [0.1, 0.15) is 0 Å². The number of aliphatic hydroxyl groups is 1. The minimum Gasteiger partial charge on any atom is -0.481 e. The molecule has 1 heterocycles. The third-order valence-electron chi connectivity index (χ3n) is 3.51. The maximum Gasteiger partial charge on any atom is 0.307 e. The fourth-order valence-corrected chi connectivity index (χ4v) is 2.43. The number of aliphatic hydroxyl groups excluding tert-OH is 1. The molecule has 1 aromatic carbocycles. The average Bonchev–Trinajstić information content (AvgIpc) is 2.66. The smallest absolute Gasteiger partial charge is 0.307 e. The van der Waals surface area contributed by atoms with Gasteiger partial charge in [-0.2, -0.15) is 0 Å². The van der Waals surface area contributed by atoms with Crippen LogP contribution in [0, 0.1) is 0 Å². The molecule has 0 aliphatic rings. The summed E-state index contributed by atoms with van der Waals surface area (Å²) in [5, 5.41) is 19.1. The number of aliphatic carboxylic acids is 1. The number of benzene rings is 1. The molecule has 0 fully saturated rings. The predicted molar refractivity (Wildman–Crippen MR) is 79.1 cm³/mol. The van der Waals surface area contributed by atoms with E-state index in [9.17, 15) is 4.79 Å². The maximum atomic E-state index is 11.0. The van der Waals surface area contributed by atoms with Gasteiger partial charge >= 0.3 is 5.97 Å². The molecular weight excluding hydrogens is 254 g/mol. The molecule has 0 spiro atoms. The van der Waals surface area contributed by atoms with Gasteiger partial charge in [-0.25, -0.2) is 0 Å². The number of hydrogen-bond donors (Lipinski definition) is 2. The van der Waals surface area contributed by atoms with E-state index in [4.69, 9.17) is 10.2 Å². The van der Waals surface area contributed by atoms with Crippen LogP contribution in [0.4, 0.5) is 0 Å². The van der Waals surface area contributed by atoms with Gasteiger partial charge in [-0.05, 0) is 28.7 Å². The molecule has 0 radical (unpaired) electrons. The van der Waals surface area contributed by atoms with Crippen molar-refractivity contribution in [1.82, 2.24) is 4.57 Å². The molecule has 4 heteroatoms. The number of carbonyl (C=O) groups is 1. The van der Waals surface area contributed by atoms with E-state index in [2.05, 4.69) is 32.9 Å². The molecule has 20 heavy (non-hydrogen) atoms. The van der Waals surface area contributed by atoms with Gasteiger partial charge in [0, 0.05) is 23.6 Å². The fraction of sp³-hybridized carbons (Fsp3) is 0.438. The van der Waals surface area contributed by atoms with Crippen LogP contribution < -0.4 is 0 Å². The summed E-state index contributed by atoms with van der Waals surface area (Å²) in [6.45, 7) is 6.92. The zero-order valence-corrected chi connectivity index (χ0v) is 12.2. The standard InChI is InChI=1S/C16H21NO3/c1-16(2,3)12-4-5-14-13(9-12)11(8-15(19)20)10-17(14)6-7-18/h4-5,9-10,18H,6-8H2,1-3H3,(H,19,20). The van der Waals surface area contributed by atoms with E-state index in [1.165, 1.54) is 5.56 Å². The van der Waals surface area contributed by atoms with Crippen molar-refractivity contribution < 1.29 is 15.0 Å². The van der Waals surface area contributed by atoms with Gasteiger partial charge in [0.05, 0.1) is 13.0 Å². The summed E-state index contributed by atoms with van der Waals surface area (Å²) in [6.07, 6.45) is 1.84. The van der Waals surface area contributed by atoms with Crippen LogP contribution >= 0.6 is 0 Å². The van der Waals surface area contributed by atoms with E-state index >= 15 is 0 Å². The Morgan fingerprint density at radius 3 is 2.55 bits per heavy atom. The number of carboxylic acid groups (broad SMARTS) is 1. The summed E-state index contributed by atoms with van der Waals surface area (Å²) in [5.41, 5.74) is 2.97. The Morgan fingerprint density at radius 1 is 1.30 bits per heavy atom. The highest BCUT2D eigenvalue weighted by atomic mass is 16.4. The van der Waals surface area contributed by atoms with E-state index in [1.807, 2.05) is 16.8 Å². The first-order chi connectivity index (χ1) is 9.32. The Hall–Kier alpha value is -1.81. The molecule has 0 atom stereocenters. The predicted octanol–water partition coefficient (Wildman–Crippen LogP) is 2.56. The molecule has 0 unspecified atom stereocenters. The van der Waals surface area contributed by atoms with Crippen LogP contribution in [0.3, 0.4) is 0 Å². The second kappa shape index (κ2) is 5.29. The lowest BCUT2D eigenvalue weighted by Crippen LogP contribution is -2.10. The van der Waals surface area contributed by atoms with Crippen LogP contribution in [0.1, 0.15) is 31.9 Å². The third kappa shape index (κ3) is 2.85. The van der Waals surface area contributed by atoms with Crippen LogP contribution in [0.2, 0.25) is 0 Å². The molecule has 0 saturated heterocycles. The number of aromatic nitrogens is 1. The monoisotopic (exact) mass is 275 g/mol. The minimum absolute atomic E-state index is 0.00250. The normalized spacial score (nSPS) is 12.0. The third-order valence-corrected chi connectivity index (χ3v) is 3.51. The maximum absolute atomic E-state index is 11.0.